The van der Waals surface area contributed by atoms with Crippen LogP contribution < -0.4 is 10.6 Å². The minimum atomic E-state index is 0.456. The number of guanidine groups is 1. The summed E-state index contributed by atoms with van der Waals surface area (Å²) in [6.07, 6.45) is 3.95. The summed E-state index contributed by atoms with van der Waals surface area (Å²) in [5.41, 5.74) is 1.38. The first-order valence-corrected chi connectivity index (χ1v) is 8.81. The fraction of sp³-hybridized carbons (Fsp3) is 0.500. The molecule has 1 aliphatic rings. The lowest BCUT2D eigenvalue weighted by molar-refractivity contribution is 0.198. The second-order valence-corrected chi connectivity index (χ2v) is 6.46. The molecule has 0 spiro atoms. The molecular weight excluding hydrogens is 314 g/mol. The first-order chi connectivity index (χ1) is 12.2. The van der Waals surface area contributed by atoms with Gasteiger partial charge in [-0.2, -0.15) is 0 Å². The van der Waals surface area contributed by atoms with E-state index in [0.29, 0.717) is 12.6 Å². The fourth-order valence-electron chi connectivity index (χ4n) is 3.09. The van der Waals surface area contributed by atoms with E-state index in [2.05, 4.69) is 61.1 Å². The molecule has 0 unspecified atom stereocenters. The first kappa shape index (κ1) is 17.4. The molecule has 1 aromatic carbocycles. The standard InChI is InChI=1S/C18H27N7/c1-19-18(20-12-17-23-21-14-24(17)2)22-16-8-10-25(11-9-16)13-15-6-4-3-5-7-15/h3-7,14,16H,8-13H2,1-2H3,(H2,19,20,22). The van der Waals surface area contributed by atoms with Crippen molar-refractivity contribution in [3.63, 3.8) is 0 Å². The molecule has 0 atom stereocenters. The number of piperidine rings is 1. The van der Waals surface area contributed by atoms with Crippen molar-refractivity contribution in [2.75, 3.05) is 20.1 Å². The summed E-state index contributed by atoms with van der Waals surface area (Å²) >= 11 is 0. The maximum absolute atomic E-state index is 4.32. The zero-order valence-corrected chi connectivity index (χ0v) is 15.0. The van der Waals surface area contributed by atoms with Crippen LogP contribution in [0.3, 0.4) is 0 Å². The quantitative estimate of drug-likeness (QED) is 0.630. The van der Waals surface area contributed by atoms with Crippen molar-refractivity contribution >= 4 is 5.96 Å². The Morgan fingerprint density at radius 3 is 2.64 bits per heavy atom. The van der Waals surface area contributed by atoms with Crippen LogP contribution in [0, 0.1) is 0 Å². The van der Waals surface area contributed by atoms with Crippen LogP contribution in [0.1, 0.15) is 24.2 Å². The molecule has 7 nitrogen and oxygen atoms in total. The van der Waals surface area contributed by atoms with E-state index < -0.39 is 0 Å². The lowest BCUT2D eigenvalue weighted by atomic mass is 10.0. The summed E-state index contributed by atoms with van der Waals surface area (Å²) in [6.45, 7) is 3.86. The molecule has 2 heterocycles. The zero-order valence-electron chi connectivity index (χ0n) is 15.0. The molecule has 3 rings (SSSR count). The molecule has 2 aromatic rings. The van der Waals surface area contributed by atoms with E-state index >= 15 is 0 Å². The number of nitrogens with zero attached hydrogens (tertiary/aromatic N) is 5. The lowest BCUT2D eigenvalue weighted by Crippen LogP contribution is -2.48. The SMILES string of the molecule is CN=C(NCc1nncn1C)NC1CCN(Cc2ccccc2)CC1. The van der Waals surface area contributed by atoms with E-state index in [4.69, 9.17) is 0 Å². The highest BCUT2D eigenvalue weighted by Gasteiger charge is 2.20. The second-order valence-electron chi connectivity index (χ2n) is 6.46. The third-order valence-electron chi connectivity index (χ3n) is 4.62. The molecule has 7 heteroatoms. The molecule has 25 heavy (non-hydrogen) atoms. The van der Waals surface area contributed by atoms with Crippen molar-refractivity contribution in [3.05, 3.63) is 48.0 Å². The van der Waals surface area contributed by atoms with Crippen LogP contribution >= 0.6 is 0 Å². The average Bonchev–Trinajstić information content (AvgIpc) is 3.06. The molecule has 0 saturated carbocycles. The van der Waals surface area contributed by atoms with Crippen molar-refractivity contribution in [1.29, 1.82) is 0 Å². The Morgan fingerprint density at radius 1 is 1.24 bits per heavy atom. The van der Waals surface area contributed by atoms with E-state index in [0.717, 1.165) is 44.3 Å². The highest BCUT2D eigenvalue weighted by Crippen LogP contribution is 2.13. The smallest absolute Gasteiger partial charge is 0.191 e. The monoisotopic (exact) mass is 341 g/mol. The van der Waals surface area contributed by atoms with Crippen molar-refractivity contribution in [1.82, 2.24) is 30.3 Å². The summed E-state index contributed by atoms with van der Waals surface area (Å²) in [6, 6.07) is 11.1. The Labute approximate surface area is 149 Å². The van der Waals surface area contributed by atoms with Crippen LogP contribution in [0.2, 0.25) is 0 Å². The molecular formula is C18H27N7. The molecule has 134 valence electrons. The van der Waals surface area contributed by atoms with Gasteiger partial charge in [0.2, 0.25) is 0 Å². The minimum absolute atomic E-state index is 0.456. The van der Waals surface area contributed by atoms with Gasteiger partial charge in [0.1, 0.15) is 6.33 Å². The van der Waals surface area contributed by atoms with Gasteiger partial charge in [0, 0.05) is 39.8 Å². The molecule has 0 radical (unpaired) electrons. The van der Waals surface area contributed by atoms with Crippen LogP contribution in [0.5, 0.6) is 0 Å². The summed E-state index contributed by atoms with van der Waals surface area (Å²) < 4.78 is 1.91. The Balaban J connectivity index is 1.42. The number of aromatic nitrogens is 3. The van der Waals surface area contributed by atoms with E-state index in [1.54, 1.807) is 13.4 Å². The Hall–Kier alpha value is -2.41. The number of hydrogen-bond acceptors (Lipinski definition) is 4. The minimum Gasteiger partial charge on any atom is -0.354 e. The number of rotatable bonds is 5. The largest absolute Gasteiger partial charge is 0.354 e. The molecule has 1 aromatic heterocycles. The normalized spacial score (nSPS) is 16.8. The predicted molar refractivity (Wildman–Crippen MR) is 99.1 cm³/mol. The van der Waals surface area contributed by atoms with Gasteiger partial charge in [-0.1, -0.05) is 30.3 Å². The van der Waals surface area contributed by atoms with E-state index in [1.165, 1.54) is 5.56 Å². The summed E-state index contributed by atoms with van der Waals surface area (Å²) in [7, 11) is 3.74. The zero-order chi connectivity index (χ0) is 17.5. The van der Waals surface area contributed by atoms with Gasteiger partial charge in [-0.25, -0.2) is 0 Å². The Bertz CT molecular complexity index is 672. The molecule has 2 N–H and O–H groups in total. The highest BCUT2D eigenvalue weighted by molar-refractivity contribution is 5.79. The van der Waals surface area contributed by atoms with Crippen LogP contribution in [0.25, 0.3) is 0 Å². The topological polar surface area (TPSA) is 70.4 Å². The van der Waals surface area contributed by atoms with Gasteiger partial charge in [-0.15, -0.1) is 10.2 Å². The molecule has 1 fully saturated rings. The van der Waals surface area contributed by atoms with Gasteiger partial charge < -0.3 is 15.2 Å². The van der Waals surface area contributed by atoms with E-state index in [9.17, 15) is 0 Å². The van der Waals surface area contributed by atoms with Gasteiger partial charge in [0.25, 0.3) is 0 Å². The van der Waals surface area contributed by atoms with Crippen LogP contribution in [-0.4, -0.2) is 51.8 Å². The highest BCUT2D eigenvalue weighted by atomic mass is 15.3. The van der Waals surface area contributed by atoms with Crippen molar-refractivity contribution in [3.8, 4) is 0 Å². The van der Waals surface area contributed by atoms with E-state index in [1.807, 2.05) is 11.6 Å². The maximum Gasteiger partial charge on any atom is 0.191 e. The average molecular weight is 341 g/mol. The number of nitrogens with one attached hydrogen (secondary N) is 2. The summed E-state index contributed by atoms with van der Waals surface area (Å²) in [5.74, 6) is 1.71. The molecule has 0 amide bonds. The predicted octanol–water partition coefficient (Wildman–Crippen LogP) is 1.14. The van der Waals surface area contributed by atoms with Gasteiger partial charge in [0.15, 0.2) is 11.8 Å². The second kappa shape index (κ2) is 8.62. The molecule has 0 bridgehead atoms. The molecule has 1 saturated heterocycles. The van der Waals surface area contributed by atoms with Crippen LogP contribution in [0.15, 0.2) is 41.7 Å². The number of benzene rings is 1. The van der Waals surface area contributed by atoms with Crippen molar-refractivity contribution in [2.45, 2.75) is 32.0 Å². The molecule has 0 aliphatic carbocycles. The Kier molecular flexibility index (Phi) is 6.00. The maximum atomic E-state index is 4.32. The van der Waals surface area contributed by atoms with E-state index in [-0.39, 0.29) is 0 Å². The number of aryl methyl sites for hydroxylation is 1. The van der Waals surface area contributed by atoms with Gasteiger partial charge in [-0.05, 0) is 18.4 Å². The fourth-order valence-corrected chi connectivity index (χ4v) is 3.09. The van der Waals surface area contributed by atoms with Crippen molar-refractivity contribution in [2.24, 2.45) is 12.0 Å². The Morgan fingerprint density at radius 2 is 2.00 bits per heavy atom. The third-order valence-corrected chi connectivity index (χ3v) is 4.62. The summed E-state index contributed by atoms with van der Waals surface area (Å²) in [4.78, 5) is 6.84. The number of likely N-dealkylation sites (tertiary alicyclic amines) is 1. The lowest BCUT2D eigenvalue weighted by Gasteiger charge is -2.33. The van der Waals surface area contributed by atoms with Gasteiger partial charge >= 0.3 is 0 Å². The first-order valence-electron chi connectivity index (χ1n) is 8.81. The van der Waals surface area contributed by atoms with Gasteiger partial charge in [0.05, 0.1) is 6.54 Å². The number of hydrogen-bond donors (Lipinski definition) is 2. The number of aliphatic imine (C=N–C) groups is 1. The van der Waals surface area contributed by atoms with Crippen molar-refractivity contribution < 1.29 is 0 Å². The summed E-state index contributed by atoms with van der Waals surface area (Å²) in [5, 5.41) is 14.8. The van der Waals surface area contributed by atoms with Crippen LogP contribution in [0.4, 0.5) is 0 Å². The molecule has 1 aliphatic heterocycles. The van der Waals surface area contributed by atoms with Gasteiger partial charge in [-0.3, -0.25) is 9.89 Å². The third kappa shape index (κ3) is 5.03. The van der Waals surface area contributed by atoms with Crippen LogP contribution in [-0.2, 0) is 20.1 Å².